The van der Waals surface area contributed by atoms with E-state index in [4.69, 9.17) is 32.7 Å². The second-order valence-corrected chi connectivity index (χ2v) is 22.7. The molecule has 0 bridgehead atoms. The fraction of sp³-hybridized carbons (Fsp3) is 0.400. The summed E-state index contributed by atoms with van der Waals surface area (Å²) >= 11 is 12.4. The molecule has 7 N–H and O–H groups in total. The molecule has 436 valence electrons. The number of pyridine rings is 2. The molecule has 0 unspecified atom stereocenters. The van der Waals surface area contributed by atoms with Crippen LogP contribution in [0.3, 0.4) is 0 Å². The van der Waals surface area contributed by atoms with Crippen LogP contribution in [-0.2, 0) is 59.4 Å². The molecule has 4 heterocycles. The van der Waals surface area contributed by atoms with Gasteiger partial charge in [0.25, 0.3) is 0 Å². The van der Waals surface area contributed by atoms with Crippen molar-refractivity contribution < 1.29 is 47.8 Å². The molecule has 0 spiro atoms. The molecule has 0 fully saturated rings. The average molecular weight is 1160 g/mol. The number of nitrogens with zero attached hydrogens (tertiary/aromatic N) is 3. The van der Waals surface area contributed by atoms with Gasteiger partial charge >= 0.3 is 12.2 Å². The van der Waals surface area contributed by atoms with Gasteiger partial charge in [0.1, 0.15) is 41.0 Å². The minimum atomic E-state index is -1.12. The lowest BCUT2D eigenvalue weighted by Crippen LogP contribution is -2.56. The first kappa shape index (κ1) is 63.2. The molecular weight excluding hydrogens is 1090 g/mol. The average Bonchev–Trinajstić information content (AvgIpc) is 3.51. The van der Waals surface area contributed by atoms with Crippen molar-refractivity contribution in [2.75, 3.05) is 23.7 Å². The van der Waals surface area contributed by atoms with Gasteiger partial charge in [0.2, 0.25) is 29.5 Å². The summed E-state index contributed by atoms with van der Waals surface area (Å²) in [5.41, 5.74) is 4.70. The highest BCUT2D eigenvalue weighted by Crippen LogP contribution is 2.26. The van der Waals surface area contributed by atoms with Crippen molar-refractivity contribution in [3.63, 3.8) is 0 Å². The second-order valence-electron chi connectivity index (χ2n) is 21.9. The normalized spacial score (nSPS) is 15.3. The van der Waals surface area contributed by atoms with Gasteiger partial charge in [-0.05, 0) is 120 Å². The number of alkyl carbamates (subject to hydrolysis) is 2. The van der Waals surface area contributed by atoms with Gasteiger partial charge in [-0.25, -0.2) is 19.6 Å². The van der Waals surface area contributed by atoms with E-state index in [0.29, 0.717) is 28.6 Å². The van der Waals surface area contributed by atoms with Crippen molar-refractivity contribution in [1.29, 1.82) is 0 Å². The smallest absolute Gasteiger partial charge is 0.407 e. The topological polar surface area (TPSA) is 268 Å². The Morgan fingerprint density at radius 2 is 1.09 bits per heavy atom. The van der Waals surface area contributed by atoms with Crippen LogP contribution in [0.5, 0.6) is 0 Å². The largest absolute Gasteiger partial charge is 0.444 e. The number of benzene rings is 3. The molecule has 82 heavy (non-hydrogen) atoms. The zero-order valence-corrected chi connectivity index (χ0v) is 48.9. The number of rotatable bonds is 18. The number of ketones is 1. The first-order valence-electron chi connectivity index (χ1n) is 27.0. The summed E-state index contributed by atoms with van der Waals surface area (Å²) < 4.78 is 10.5. The van der Waals surface area contributed by atoms with Crippen molar-refractivity contribution in [2.45, 2.75) is 142 Å². The first-order valence-corrected chi connectivity index (χ1v) is 27.7. The van der Waals surface area contributed by atoms with Gasteiger partial charge in [0.05, 0.1) is 6.04 Å². The lowest BCUT2D eigenvalue weighted by Gasteiger charge is -2.36. The third kappa shape index (κ3) is 19.7. The van der Waals surface area contributed by atoms with Gasteiger partial charge in [-0.3, -0.25) is 28.8 Å². The summed E-state index contributed by atoms with van der Waals surface area (Å²) in [6, 6.07) is 23.8. The van der Waals surface area contributed by atoms with Gasteiger partial charge in [-0.1, -0.05) is 102 Å². The third-order valence-corrected chi connectivity index (χ3v) is 13.8. The van der Waals surface area contributed by atoms with Crippen LogP contribution in [0.25, 0.3) is 0 Å². The molecular formula is C60H72Cl2N10O10. The Balaban J connectivity index is 0.000000275. The Bertz CT molecular complexity index is 3110. The Kier molecular flexibility index (Phi) is 22.5. The standard InChI is InChI=1S/C35H40ClN5O6.C25H32ClN5O4/c1-22-20-38-30(19-26(22)36)40-32(44)27(16-17-37-34(46)47-35(2,3)4)39-33(45)28-18-24-12-8-9-13-25(24)21-41(28)31(43)15-14-29(42)23-10-6-5-7-11-23;1-15-13-29-21(12-18(15)26)31-22(32)19(9-10-27-24(34)35-25(2,3)4)30-23(33)20-11-16-7-5-6-8-17(16)14-28-20/h5-13,19-20,27-28H,14-18,21H2,1-4H3,(H,37,46)(H,39,45)(H,38,40,44);5-8,12-13,19-20,28H,9-11,14H2,1-4H3,(H,27,34)(H,30,33)(H,29,31,32)/t27-,28-;19-,20-/m00/s1. The van der Waals surface area contributed by atoms with E-state index in [1.54, 1.807) is 85.0 Å². The monoisotopic (exact) mass is 1160 g/mol. The minimum Gasteiger partial charge on any atom is -0.444 e. The number of fused-ring (bicyclic) bond motifs is 2. The molecule has 3 aromatic carbocycles. The van der Waals surface area contributed by atoms with Crippen molar-refractivity contribution in [2.24, 2.45) is 0 Å². The molecule has 22 heteroatoms. The number of halogens is 2. The van der Waals surface area contributed by atoms with E-state index < -0.39 is 65.3 Å². The van der Waals surface area contributed by atoms with Gasteiger partial charge in [0.15, 0.2) is 5.78 Å². The number of aromatic nitrogens is 2. The van der Waals surface area contributed by atoms with E-state index in [-0.39, 0.29) is 81.0 Å². The Labute approximate surface area is 488 Å². The summed E-state index contributed by atoms with van der Waals surface area (Å²) in [5.74, 6) is -1.95. The van der Waals surface area contributed by atoms with Gasteiger partial charge in [-0.15, -0.1) is 0 Å². The number of aryl methyl sites for hydroxylation is 2. The highest BCUT2D eigenvalue weighted by molar-refractivity contribution is 6.32. The number of hydrogen-bond donors (Lipinski definition) is 7. The number of Topliss-reactive ketones (excluding diaryl/α,β-unsaturated/α-hetero) is 1. The van der Waals surface area contributed by atoms with Gasteiger partial charge in [0, 0.05) is 73.4 Å². The van der Waals surface area contributed by atoms with E-state index in [9.17, 15) is 38.4 Å². The number of amides is 7. The van der Waals surface area contributed by atoms with Crippen LogP contribution in [0, 0.1) is 13.8 Å². The summed E-state index contributed by atoms with van der Waals surface area (Å²) in [6.45, 7) is 14.9. The Morgan fingerprint density at radius 1 is 0.622 bits per heavy atom. The van der Waals surface area contributed by atoms with Crippen LogP contribution in [0.4, 0.5) is 21.2 Å². The molecule has 2 aromatic heterocycles. The zero-order valence-electron chi connectivity index (χ0n) is 47.4. The van der Waals surface area contributed by atoms with Crippen molar-refractivity contribution in [1.82, 2.24) is 41.5 Å². The highest BCUT2D eigenvalue weighted by atomic mass is 35.5. The number of hydrogen-bond acceptors (Lipinski definition) is 13. The molecule has 4 atom stereocenters. The number of ether oxygens (including phenoxy) is 2. The van der Waals surface area contributed by atoms with E-state index >= 15 is 0 Å². The van der Waals surface area contributed by atoms with Crippen LogP contribution < -0.4 is 37.2 Å². The molecule has 5 aromatic rings. The van der Waals surface area contributed by atoms with E-state index in [1.807, 2.05) is 61.5 Å². The molecule has 2 aliphatic rings. The summed E-state index contributed by atoms with van der Waals surface area (Å²) in [7, 11) is 0. The van der Waals surface area contributed by atoms with Crippen molar-refractivity contribution in [3.05, 3.63) is 152 Å². The van der Waals surface area contributed by atoms with E-state index in [1.165, 1.54) is 17.2 Å². The van der Waals surface area contributed by atoms with Crippen LogP contribution in [-0.4, -0.2) is 111 Å². The van der Waals surface area contributed by atoms with E-state index in [2.05, 4.69) is 47.2 Å². The van der Waals surface area contributed by atoms with Crippen molar-refractivity contribution >= 4 is 82.3 Å². The first-order chi connectivity index (χ1) is 38.8. The van der Waals surface area contributed by atoms with Crippen molar-refractivity contribution in [3.8, 4) is 0 Å². The molecule has 20 nitrogen and oxygen atoms in total. The molecule has 0 aliphatic carbocycles. The molecule has 7 rings (SSSR count). The van der Waals surface area contributed by atoms with Gasteiger partial charge in [-0.2, -0.15) is 0 Å². The molecule has 0 saturated heterocycles. The Morgan fingerprint density at radius 3 is 1.59 bits per heavy atom. The summed E-state index contributed by atoms with van der Waals surface area (Å²) in [4.78, 5) is 114. The number of carbonyl (C=O) groups is 8. The predicted octanol–water partition coefficient (Wildman–Crippen LogP) is 8.09. The maximum atomic E-state index is 13.9. The van der Waals surface area contributed by atoms with Crippen LogP contribution >= 0.6 is 23.2 Å². The zero-order chi connectivity index (χ0) is 59.7. The number of carbonyl (C=O) groups excluding carboxylic acids is 8. The molecule has 0 radical (unpaired) electrons. The highest BCUT2D eigenvalue weighted by Gasteiger charge is 2.37. The van der Waals surface area contributed by atoms with Crippen LogP contribution in [0.2, 0.25) is 10.0 Å². The maximum Gasteiger partial charge on any atom is 0.407 e. The minimum absolute atomic E-state index is 0.00705. The SMILES string of the molecule is Cc1cnc(NC(=O)[C@H](CCNC(=O)OC(C)(C)C)NC(=O)[C@@H]2Cc3ccccc3CN2)cc1Cl.Cc1cnc(NC(=O)[C@H](CCNC(=O)OC(C)(C)C)NC(=O)[C@@H]2Cc3ccccc3CN2C(=O)CCC(=O)c2ccccc2)cc1Cl. The molecule has 0 saturated carbocycles. The van der Waals surface area contributed by atoms with E-state index in [0.717, 1.165) is 33.4 Å². The lowest BCUT2D eigenvalue weighted by atomic mass is 9.92. The van der Waals surface area contributed by atoms with Crippen LogP contribution in [0.15, 0.2) is 103 Å². The summed E-state index contributed by atoms with van der Waals surface area (Å²) in [6.07, 6.45) is 2.62. The third-order valence-electron chi connectivity index (χ3n) is 13.0. The van der Waals surface area contributed by atoms with Crippen LogP contribution in [0.1, 0.15) is 111 Å². The summed E-state index contributed by atoms with van der Waals surface area (Å²) in [5, 5.41) is 20.3. The van der Waals surface area contributed by atoms with Gasteiger partial charge < -0.3 is 51.6 Å². The quantitative estimate of drug-likeness (QED) is 0.0410. The maximum absolute atomic E-state index is 13.9. The number of nitrogens with one attached hydrogen (secondary N) is 7. The Hall–Kier alpha value is -7.94. The lowest BCUT2D eigenvalue weighted by molar-refractivity contribution is -0.142. The fourth-order valence-electron chi connectivity index (χ4n) is 8.70. The molecule has 2 aliphatic heterocycles. The second kappa shape index (κ2) is 29.2. The number of anilines is 2. The molecule has 7 amide bonds. The fourth-order valence-corrected chi connectivity index (χ4v) is 9.00. The predicted molar refractivity (Wildman–Crippen MR) is 312 cm³/mol.